The predicted octanol–water partition coefficient (Wildman–Crippen LogP) is 3.06. The van der Waals surface area contributed by atoms with Gasteiger partial charge in [-0.3, -0.25) is 0 Å². The van der Waals surface area contributed by atoms with E-state index in [4.69, 9.17) is 15.0 Å². The Morgan fingerprint density at radius 3 is 2.36 bits per heavy atom. The molecule has 0 aliphatic heterocycles. The lowest BCUT2D eigenvalue weighted by atomic mass is 10.2. The highest BCUT2D eigenvalue weighted by atomic mass is 19.1. The van der Waals surface area contributed by atoms with Crippen molar-refractivity contribution in [1.82, 2.24) is 0 Å². The van der Waals surface area contributed by atoms with Crippen molar-refractivity contribution in [1.29, 1.82) is 0 Å². The first-order chi connectivity index (χ1) is 10.4. The number of benzene rings is 1. The second-order valence-electron chi connectivity index (χ2n) is 5.19. The minimum atomic E-state index is -1.08. The maximum atomic E-state index is 13.0. The lowest BCUT2D eigenvalue weighted by Gasteiger charge is -2.19. The van der Waals surface area contributed by atoms with Crippen LogP contribution in [-0.4, -0.2) is 37.1 Å². The molecule has 6 nitrogen and oxygen atoms in total. The molecule has 0 saturated carbocycles. The van der Waals surface area contributed by atoms with Crippen molar-refractivity contribution in [3.8, 4) is 5.75 Å². The van der Waals surface area contributed by atoms with Crippen LogP contribution >= 0.6 is 0 Å². The number of ether oxygens (including phenoxy) is 2. The zero-order valence-electron chi connectivity index (χ0n) is 12.4. The van der Waals surface area contributed by atoms with E-state index >= 15 is 0 Å². The molecule has 0 radical (unpaired) electrons. The summed E-state index contributed by atoms with van der Waals surface area (Å²) >= 11 is 0. The highest BCUT2D eigenvalue weighted by molar-refractivity contribution is 5.23. The van der Waals surface area contributed by atoms with Crippen LogP contribution in [0.15, 0.2) is 23.3 Å². The summed E-state index contributed by atoms with van der Waals surface area (Å²) in [5.41, 5.74) is 8.52. The fraction of sp³-hybridized carbons (Fsp3) is 0.571. The molecule has 0 fully saturated rings. The van der Waals surface area contributed by atoms with E-state index in [-0.39, 0.29) is 19.0 Å². The largest absolute Gasteiger partial charge is 0.493 e. The van der Waals surface area contributed by atoms with Crippen LogP contribution < -0.4 is 4.74 Å². The van der Waals surface area contributed by atoms with E-state index in [1.807, 2.05) is 13.8 Å². The number of hydrogen-bond acceptors (Lipinski definition) is 4. The zero-order chi connectivity index (χ0) is 16.5. The summed E-state index contributed by atoms with van der Waals surface area (Å²) < 4.78 is 36.5. The number of hydrogen-bond donors (Lipinski definition) is 1. The molecule has 22 heavy (non-hydrogen) atoms. The van der Waals surface area contributed by atoms with Crippen LogP contribution in [-0.2, 0) is 4.74 Å². The standard InChI is InChI=1S/C14H19F2N3O3/c1-9(2)6-21-8-14(20)13(18-19-17)7-22-12-4-10(15)3-11(16)5-12/h3-5,9,13-14,20H,6-8H2,1-2H3. The van der Waals surface area contributed by atoms with Crippen LogP contribution in [0.2, 0.25) is 0 Å². The number of aliphatic hydroxyl groups excluding tert-OH is 1. The number of halogens is 2. The molecule has 122 valence electrons. The van der Waals surface area contributed by atoms with E-state index in [0.29, 0.717) is 18.6 Å². The number of nitrogens with zero attached hydrogens (tertiary/aromatic N) is 3. The SMILES string of the molecule is CC(C)COCC(O)C(COc1cc(F)cc(F)c1)N=[N+]=[N-]. The predicted molar refractivity (Wildman–Crippen MR) is 76.5 cm³/mol. The van der Waals surface area contributed by atoms with Gasteiger partial charge in [-0.25, -0.2) is 8.78 Å². The van der Waals surface area contributed by atoms with Gasteiger partial charge in [0, 0.05) is 29.7 Å². The van der Waals surface area contributed by atoms with Crippen LogP contribution in [0, 0.1) is 17.6 Å². The van der Waals surface area contributed by atoms with Gasteiger partial charge in [-0.2, -0.15) is 0 Å². The molecule has 2 unspecified atom stereocenters. The summed E-state index contributed by atoms with van der Waals surface area (Å²) in [6.07, 6.45) is -1.08. The molecule has 1 rings (SSSR count). The molecule has 0 amide bonds. The molecule has 1 aromatic rings. The van der Waals surface area contributed by atoms with Gasteiger partial charge < -0.3 is 14.6 Å². The Bertz CT molecular complexity index is 502. The molecule has 8 heteroatoms. The third-order valence-corrected chi connectivity index (χ3v) is 2.64. The highest BCUT2D eigenvalue weighted by Crippen LogP contribution is 2.16. The summed E-state index contributed by atoms with van der Waals surface area (Å²) in [5.74, 6) is -1.31. The van der Waals surface area contributed by atoms with Crippen LogP contribution in [0.5, 0.6) is 5.75 Å². The lowest BCUT2D eigenvalue weighted by molar-refractivity contribution is 0.00657. The third-order valence-electron chi connectivity index (χ3n) is 2.64. The van der Waals surface area contributed by atoms with Crippen LogP contribution in [0.1, 0.15) is 13.8 Å². The molecular formula is C14H19F2N3O3. The minimum absolute atomic E-state index is 0.0251. The van der Waals surface area contributed by atoms with E-state index in [2.05, 4.69) is 10.0 Å². The summed E-state index contributed by atoms with van der Waals surface area (Å²) in [6.45, 7) is 4.12. The number of azide groups is 1. The number of rotatable bonds is 9. The molecule has 0 heterocycles. The van der Waals surface area contributed by atoms with Crippen molar-refractivity contribution in [3.63, 3.8) is 0 Å². The fourth-order valence-electron chi connectivity index (χ4n) is 1.62. The van der Waals surface area contributed by atoms with Gasteiger partial charge in [-0.15, -0.1) is 0 Å². The Kier molecular flexibility index (Phi) is 7.59. The molecule has 0 aromatic heterocycles. The summed E-state index contributed by atoms with van der Waals surface area (Å²) in [7, 11) is 0. The maximum Gasteiger partial charge on any atom is 0.129 e. The number of aliphatic hydroxyl groups is 1. The van der Waals surface area contributed by atoms with Crippen molar-refractivity contribution >= 4 is 0 Å². The minimum Gasteiger partial charge on any atom is -0.493 e. The Morgan fingerprint density at radius 1 is 1.18 bits per heavy atom. The van der Waals surface area contributed by atoms with Crippen LogP contribution in [0.25, 0.3) is 10.4 Å². The summed E-state index contributed by atoms with van der Waals surface area (Å²) in [5, 5.41) is 13.3. The van der Waals surface area contributed by atoms with E-state index in [1.165, 1.54) is 0 Å². The molecule has 0 aliphatic rings. The first-order valence-electron chi connectivity index (χ1n) is 6.81. The smallest absolute Gasteiger partial charge is 0.129 e. The first-order valence-corrected chi connectivity index (χ1v) is 6.81. The second kappa shape index (κ2) is 9.19. The maximum absolute atomic E-state index is 13.0. The van der Waals surface area contributed by atoms with Gasteiger partial charge in [0.25, 0.3) is 0 Å². The Morgan fingerprint density at radius 2 is 1.82 bits per heavy atom. The molecule has 1 aromatic carbocycles. The topological polar surface area (TPSA) is 87.5 Å². The molecular weight excluding hydrogens is 296 g/mol. The van der Waals surface area contributed by atoms with E-state index in [1.54, 1.807) is 0 Å². The molecule has 0 saturated heterocycles. The molecule has 1 N–H and O–H groups in total. The molecule has 0 bridgehead atoms. The van der Waals surface area contributed by atoms with Crippen LogP contribution in [0.4, 0.5) is 8.78 Å². The lowest BCUT2D eigenvalue weighted by Crippen LogP contribution is -2.34. The summed E-state index contributed by atoms with van der Waals surface area (Å²) in [4.78, 5) is 2.63. The quantitative estimate of drug-likeness (QED) is 0.431. The summed E-state index contributed by atoms with van der Waals surface area (Å²) in [6, 6.07) is 1.78. The van der Waals surface area contributed by atoms with Gasteiger partial charge in [-0.1, -0.05) is 19.0 Å². The van der Waals surface area contributed by atoms with E-state index in [0.717, 1.165) is 12.1 Å². The Balaban J connectivity index is 2.57. The van der Waals surface area contributed by atoms with Crippen molar-refractivity contribution in [2.45, 2.75) is 26.0 Å². The molecule has 2 atom stereocenters. The highest BCUT2D eigenvalue weighted by Gasteiger charge is 2.19. The van der Waals surface area contributed by atoms with Gasteiger partial charge in [0.05, 0.1) is 25.4 Å². The van der Waals surface area contributed by atoms with Crippen molar-refractivity contribution in [2.24, 2.45) is 11.0 Å². The van der Waals surface area contributed by atoms with Gasteiger partial charge in [-0.05, 0) is 11.4 Å². The Hall–Kier alpha value is -1.89. The third kappa shape index (κ3) is 6.71. The van der Waals surface area contributed by atoms with Gasteiger partial charge >= 0.3 is 0 Å². The first kappa shape index (κ1) is 18.2. The zero-order valence-corrected chi connectivity index (χ0v) is 12.4. The van der Waals surface area contributed by atoms with Crippen molar-refractivity contribution in [3.05, 3.63) is 40.3 Å². The van der Waals surface area contributed by atoms with Gasteiger partial charge in [0.1, 0.15) is 17.4 Å². The average molecular weight is 315 g/mol. The van der Waals surface area contributed by atoms with Crippen LogP contribution in [0.3, 0.4) is 0 Å². The van der Waals surface area contributed by atoms with Gasteiger partial charge in [0.2, 0.25) is 0 Å². The molecule has 0 spiro atoms. The normalized spacial score (nSPS) is 13.5. The van der Waals surface area contributed by atoms with E-state index < -0.39 is 23.8 Å². The van der Waals surface area contributed by atoms with Crippen molar-refractivity contribution < 1.29 is 23.4 Å². The van der Waals surface area contributed by atoms with Gasteiger partial charge in [0.15, 0.2) is 0 Å². The Labute approximate surface area is 127 Å². The molecule has 0 aliphatic carbocycles. The second-order valence-corrected chi connectivity index (χ2v) is 5.19. The van der Waals surface area contributed by atoms with Crippen molar-refractivity contribution in [2.75, 3.05) is 19.8 Å². The average Bonchev–Trinajstić information content (AvgIpc) is 2.41. The monoisotopic (exact) mass is 315 g/mol. The fourth-order valence-corrected chi connectivity index (χ4v) is 1.62. The van der Waals surface area contributed by atoms with E-state index in [9.17, 15) is 13.9 Å².